The minimum atomic E-state index is -0.480. The van der Waals surface area contributed by atoms with Crippen LogP contribution in [0.5, 0.6) is 0 Å². The monoisotopic (exact) mass is 189 g/mol. The number of carbonyl (C=O) groups excluding carboxylic acids is 1. The van der Waals surface area contributed by atoms with E-state index in [-0.39, 0.29) is 0 Å². The number of amides is 2. The van der Waals surface area contributed by atoms with E-state index in [9.17, 15) is 4.79 Å². The average Bonchev–Trinajstić information content (AvgIpc) is 2.08. The van der Waals surface area contributed by atoms with E-state index in [2.05, 4.69) is 17.6 Å². The number of primary amides is 1. The lowest BCUT2D eigenvalue weighted by molar-refractivity contribution is 0.185. The molecule has 0 fully saturated rings. The standard InChI is InChI=1S/C8H19N3O2/c1-7(3-6-13-2)10-4-5-11-8(9)12/h7,10H,3-6H2,1-2H3,(H3,9,11,12). The molecule has 0 aliphatic carbocycles. The summed E-state index contributed by atoms with van der Waals surface area (Å²) in [5, 5.41) is 5.72. The number of ether oxygens (including phenoxy) is 1. The first-order valence-electron chi connectivity index (χ1n) is 4.42. The van der Waals surface area contributed by atoms with Gasteiger partial charge in [0.1, 0.15) is 0 Å². The third kappa shape index (κ3) is 9.10. The van der Waals surface area contributed by atoms with Gasteiger partial charge >= 0.3 is 6.03 Å². The third-order valence-electron chi connectivity index (χ3n) is 1.67. The van der Waals surface area contributed by atoms with Crippen molar-refractivity contribution in [1.82, 2.24) is 10.6 Å². The maximum Gasteiger partial charge on any atom is 0.312 e. The molecule has 5 nitrogen and oxygen atoms in total. The smallest absolute Gasteiger partial charge is 0.312 e. The molecular formula is C8H19N3O2. The van der Waals surface area contributed by atoms with E-state index in [1.165, 1.54) is 0 Å². The Morgan fingerprint density at radius 3 is 2.77 bits per heavy atom. The highest BCUT2D eigenvalue weighted by atomic mass is 16.5. The summed E-state index contributed by atoms with van der Waals surface area (Å²) in [5.41, 5.74) is 4.89. The van der Waals surface area contributed by atoms with Crippen molar-refractivity contribution < 1.29 is 9.53 Å². The Balaban J connectivity index is 3.16. The lowest BCUT2D eigenvalue weighted by Gasteiger charge is -2.12. The number of nitrogens with two attached hydrogens (primary N) is 1. The summed E-state index contributed by atoms with van der Waals surface area (Å²) in [6.45, 7) is 4.11. The van der Waals surface area contributed by atoms with E-state index < -0.39 is 6.03 Å². The van der Waals surface area contributed by atoms with Crippen molar-refractivity contribution in [2.75, 3.05) is 26.8 Å². The van der Waals surface area contributed by atoms with Crippen LogP contribution in [0.2, 0.25) is 0 Å². The van der Waals surface area contributed by atoms with Crippen LogP contribution in [0.15, 0.2) is 0 Å². The van der Waals surface area contributed by atoms with E-state index in [1.807, 2.05) is 0 Å². The average molecular weight is 189 g/mol. The lowest BCUT2D eigenvalue weighted by Crippen LogP contribution is -2.38. The Bertz CT molecular complexity index is 141. The number of hydrogen-bond donors (Lipinski definition) is 3. The van der Waals surface area contributed by atoms with E-state index >= 15 is 0 Å². The molecule has 1 atom stereocenters. The van der Waals surface area contributed by atoms with Crippen molar-refractivity contribution in [2.24, 2.45) is 5.73 Å². The van der Waals surface area contributed by atoms with E-state index in [0.717, 1.165) is 19.6 Å². The van der Waals surface area contributed by atoms with Gasteiger partial charge in [-0.05, 0) is 13.3 Å². The van der Waals surface area contributed by atoms with Crippen LogP contribution in [0.3, 0.4) is 0 Å². The quantitative estimate of drug-likeness (QED) is 0.480. The Kier molecular flexibility index (Phi) is 7.33. The van der Waals surface area contributed by atoms with Gasteiger partial charge in [-0.3, -0.25) is 0 Å². The van der Waals surface area contributed by atoms with Crippen molar-refractivity contribution in [3.05, 3.63) is 0 Å². The van der Waals surface area contributed by atoms with Crippen LogP contribution in [0.1, 0.15) is 13.3 Å². The van der Waals surface area contributed by atoms with Crippen LogP contribution in [0, 0.1) is 0 Å². The predicted molar refractivity (Wildman–Crippen MR) is 51.5 cm³/mol. The van der Waals surface area contributed by atoms with E-state index in [4.69, 9.17) is 10.5 Å². The molecule has 1 unspecified atom stereocenters. The van der Waals surface area contributed by atoms with E-state index in [0.29, 0.717) is 12.6 Å². The summed E-state index contributed by atoms with van der Waals surface area (Å²) in [4.78, 5) is 10.3. The number of hydrogen-bond acceptors (Lipinski definition) is 3. The Labute approximate surface area is 79.0 Å². The van der Waals surface area contributed by atoms with Gasteiger partial charge in [-0.25, -0.2) is 4.79 Å². The molecule has 0 radical (unpaired) electrons. The van der Waals surface area contributed by atoms with Gasteiger partial charge in [-0.15, -0.1) is 0 Å². The number of urea groups is 1. The second kappa shape index (κ2) is 7.82. The van der Waals surface area contributed by atoms with Gasteiger partial charge in [0.05, 0.1) is 0 Å². The minimum Gasteiger partial charge on any atom is -0.385 e. The Hall–Kier alpha value is -0.810. The number of nitrogens with one attached hydrogen (secondary N) is 2. The summed E-state index contributed by atoms with van der Waals surface area (Å²) in [6.07, 6.45) is 0.965. The largest absolute Gasteiger partial charge is 0.385 e. The zero-order chi connectivity index (χ0) is 10.1. The fraction of sp³-hybridized carbons (Fsp3) is 0.875. The molecule has 0 saturated heterocycles. The van der Waals surface area contributed by atoms with Crippen molar-refractivity contribution in [3.8, 4) is 0 Å². The Morgan fingerprint density at radius 1 is 1.54 bits per heavy atom. The molecule has 0 spiro atoms. The third-order valence-corrected chi connectivity index (χ3v) is 1.67. The molecule has 0 bridgehead atoms. The highest BCUT2D eigenvalue weighted by Crippen LogP contribution is 1.88. The van der Waals surface area contributed by atoms with Crippen LogP contribution in [-0.4, -0.2) is 38.9 Å². The first-order valence-corrected chi connectivity index (χ1v) is 4.42. The minimum absolute atomic E-state index is 0.398. The molecule has 0 aliphatic rings. The molecule has 0 rings (SSSR count). The predicted octanol–water partition coefficient (Wildman–Crippen LogP) is -0.331. The summed E-state index contributed by atoms with van der Waals surface area (Å²) in [6, 6.07) is -0.0824. The van der Waals surface area contributed by atoms with Crippen molar-refractivity contribution in [2.45, 2.75) is 19.4 Å². The SMILES string of the molecule is COCCC(C)NCCNC(N)=O. The van der Waals surface area contributed by atoms with Gasteiger partial charge in [-0.2, -0.15) is 0 Å². The molecule has 0 aliphatic heterocycles. The molecule has 5 heteroatoms. The first kappa shape index (κ1) is 12.2. The van der Waals surface area contributed by atoms with Crippen molar-refractivity contribution in [3.63, 3.8) is 0 Å². The number of rotatable bonds is 7. The van der Waals surface area contributed by atoms with Gasteiger partial charge in [-0.1, -0.05) is 0 Å². The molecule has 2 amide bonds. The molecule has 0 aromatic heterocycles. The van der Waals surface area contributed by atoms with Crippen molar-refractivity contribution >= 4 is 6.03 Å². The highest BCUT2D eigenvalue weighted by molar-refractivity contribution is 5.71. The maximum atomic E-state index is 10.3. The van der Waals surface area contributed by atoms with Gasteiger partial charge < -0.3 is 21.1 Å². The van der Waals surface area contributed by atoms with Crippen LogP contribution < -0.4 is 16.4 Å². The molecule has 0 saturated carbocycles. The molecular weight excluding hydrogens is 170 g/mol. The van der Waals surface area contributed by atoms with Crippen molar-refractivity contribution in [1.29, 1.82) is 0 Å². The fourth-order valence-corrected chi connectivity index (χ4v) is 0.901. The molecule has 4 N–H and O–H groups in total. The Morgan fingerprint density at radius 2 is 2.23 bits per heavy atom. The molecule has 0 aromatic carbocycles. The first-order chi connectivity index (χ1) is 6.16. The van der Waals surface area contributed by atoms with E-state index in [1.54, 1.807) is 7.11 Å². The molecule has 0 aromatic rings. The van der Waals surface area contributed by atoms with Gasteiger partial charge in [0.2, 0.25) is 0 Å². The van der Waals surface area contributed by atoms with Crippen LogP contribution in [0.4, 0.5) is 4.79 Å². The van der Waals surface area contributed by atoms with Gasteiger partial charge in [0, 0.05) is 32.8 Å². The maximum absolute atomic E-state index is 10.3. The normalized spacial score (nSPS) is 12.5. The molecule has 78 valence electrons. The summed E-state index contributed by atoms with van der Waals surface area (Å²) >= 11 is 0. The highest BCUT2D eigenvalue weighted by Gasteiger charge is 1.99. The number of carbonyl (C=O) groups is 1. The van der Waals surface area contributed by atoms with Gasteiger partial charge in [0.15, 0.2) is 0 Å². The number of methoxy groups -OCH3 is 1. The lowest BCUT2D eigenvalue weighted by atomic mass is 10.2. The second-order valence-corrected chi connectivity index (χ2v) is 2.93. The van der Waals surface area contributed by atoms with Crippen LogP contribution >= 0.6 is 0 Å². The summed E-state index contributed by atoms with van der Waals surface area (Å²) < 4.78 is 4.93. The molecule has 0 heterocycles. The zero-order valence-electron chi connectivity index (χ0n) is 8.30. The summed E-state index contributed by atoms with van der Waals surface area (Å²) in [7, 11) is 1.68. The molecule has 13 heavy (non-hydrogen) atoms. The van der Waals surface area contributed by atoms with Crippen LogP contribution in [-0.2, 0) is 4.74 Å². The topological polar surface area (TPSA) is 76.4 Å². The van der Waals surface area contributed by atoms with Gasteiger partial charge in [0.25, 0.3) is 0 Å². The second-order valence-electron chi connectivity index (χ2n) is 2.93. The van der Waals surface area contributed by atoms with Crippen LogP contribution in [0.25, 0.3) is 0 Å². The fourth-order valence-electron chi connectivity index (χ4n) is 0.901. The zero-order valence-corrected chi connectivity index (χ0v) is 8.30. The summed E-state index contributed by atoms with van der Waals surface area (Å²) in [5.74, 6) is 0.